The molecule has 1 saturated heterocycles. The molecule has 1 N–H and O–H groups in total. The van der Waals surface area contributed by atoms with E-state index in [0.717, 1.165) is 27.8 Å². The molecule has 0 radical (unpaired) electrons. The molecule has 14 heteroatoms. The molecule has 0 bridgehead atoms. The molecule has 0 saturated carbocycles. The number of pyridine rings is 3. The first-order valence-electron chi connectivity index (χ1n) is 13.0. The second-order valence-corrected chi connectivity index (χ2v) is 15.0. The second-order valence-electron chi connectivity index (χ2n) is 10.5. The summed E-state index contributed by atoms with van der Waals surface area (Å²) in [6, 6.07) is 7.44. The molecule has 5 rings (SSSR count). The number of fused-ring (bicyclic) bond motifs is 1. The van der Waals surface area contributed by atoms with Crippen LogP contribution in [-0.4, -0.2) is 91.8 Å². The first-order chi connectivity index (χ1) is 19.3. The Labute approximate surface area is 239 Å². The van der Waals surface area contributed by atoms with Gasteiger partial charge in [-0.2, -0.15) is 5.10 Å². The smallest absolute Gasteiger partial charge is 0.158 e. The van der Waals surface area contributed by atoms with Crippen LogP contribution in [0, 0.1) is 12.8 Å². The molecule has 12 nitrogen and oxygen atoms in total. The van der Waals surface area contributed by atoms with E-state index in [-0.39, 0.29) is 30.0 Å². The molecule has 4 aromatic rings. The number of sulfone groups is 2. The van der Waals surface area contributed by atoms with Crippen molar-refractivity contribution in [1.82, 2.24) is 24.7 Å². The minimum atomic E-state index is -3.17. The van der Waals surface area contributed by atoms with Gasteiger partial charge in [0, 0.05) is 78.9 Å². The number of nitrogens with zero attached hydrogens (tertiary/aromatic N) is 6. The van der Waals surface area contributed by atoms with Gasteiger partial charge in [0.2, 0.25) is 0 Å². The van der Waals surface area contributed by atoms with Gasteiger partial charge in [-0.25, -0.2) is 26.5 Å². The summed E-state index contributed by atoms with van der Waals surface area (Å²) in [7, 11) is -4.67. The molecule has 5 heterocycles. The molecule has 218 valence electrons. The molecular formula is C27H33N7O5S2. The normalized spacial score (nSPS) is 17.4. The molecule has 0 unspecified atom stereocenters. The van der Waals surface area contributed by atoms with Crippen molar-refractivity contribution in [1.29, 1.82) is 0 Å². The Hall–Kier alpha value is -3.78. The van der Waals surface area contributed by atoms with Crippen molar-refractivity contribution in [3.63, 3.8) is 0 Å². The van der Waals surface area contributed by atoms with Crippen molar-refractivity contribution < 1.29 is 21.6 Å². The molecule has 2 atom stereocenters. The lowest BCUT2D eigenvalue weighted by Crippen LogP contribution is -2.57. The zero-order valence-electron chi connectivity index (χ0n) is 23.6. The molecule has 1 aliphatic heterocycles. The molecular weight excluding hydrogens is 566 g/mol. The fourth-order valence-electron chi connectivity index (χ4n) is 5.09. The number of aryl methyl sites for hydroxylation is 1. The fraction of sp³-hybridized carbons (Fsp3) is 0.407. The molecule has 1 fully saturated rings. The standard InChI is InChI=1S/C27H33N7O5S2/c1-17-21-14-30-34(24(21)12-23(31-17)22-13-28-7-6-25(22)39-3)27-11-20(10-26(32-27)29-8-9-40(4,35)36)33-15-19(18(33)2)16-41(5,37)38/h6-7,10-14,18-19H,8-9,15-16H2,1-5H3,(H,29,32)/t18-,19-/m1/s1. The number of hydrogen-bond donors (Lipinski definition) is 1. The summed E-state index contributed by atoms with van der Waals surface area (Å²) in [5, 5.41) is 8.62. The lowest BCUT2D eigenvalue weighted by molar-refractivity contribution is 0.341. The summed E-state index contributed by atoms with van der Waals surface area (Å²) in [5.41, 5.74) is 3.79. The lowest BCUT2D eigenvalue weighted by atomic mass is 9.91. The predicted octanol–water partition coefficient (Wildman–Crippen LogP) is 2.52. The topological polar surface area (TPSA) is 149 Å². The van der Waals surface area contributed by atoms with E-state index in [9.17, 15) is 16.8 Å². The van der Waals surface area contributed by atoms with Gasteiger partial charge in [-0.3, -0.25) is 9.97 Å². The van der Waals surface area contributed by atoms with Crippen LogP contribution in [0.15, 0.2) is 42.9 Å². The quantitative estimate of drug-likeness (QED) is 0.286. The van der Waals surface area contributed by atoms with Crippen molar-refractivity contribution >= 4 is 42.1 Å². The monoisotopic (exact) mass is 599 g/mol. The van der Waals surface area contributed by atoms with Crippen molar-refractivity contribution in [3.8, 4) is 22.8 Å². The van der Waals surface area contributed by atoms with E-state index in [1.54, 1.807) is 36.4 Å². The van der Waals surface area contributed by atoms with Crippen LogP contribution in [0.1, 0.15) is 12.6 Å². The highest BCUT2D eigenvalue weighted by Crippen LogP contribution is 2.35. The number of ether oxygens (including phenoxy) is 1. The molecule has 41 heavy (non-hydrogen) atoms. The van der Waals surface area contributed by atoms with Crippen molar-refractivity contribution in [2.45, 2.75) is 19.9 Å². The highest BCUT2D eigenvalue weighted by Gasteiger charge is 2.38. The summed E-state index contributed by atoms with van der Waals surface area (Å²) < 4.78 is 54.5. The van der Waals surface area contributed by atoms with Crippen LogP contribution in [0.3, 0.4) is 0 Å². The lowest BCUT2D eigenvalue weighted by Gasteiger charge is -2.48. The number of anilines is 2. The van der Waals surface area contributed by atoms with Crippen molar-refractivity contribution in [2.75, 3.05) is 54.4 Å². The largest absolute Gasteiger partial charge is 0.496 e. The van der Waals surface area contributed by atoms with Crippen LogP contribution >= 0.6 is 0 Å². The minimum Gasteiger partial charge on any atom is -0.496 e. The maximum Gasteiger partial charge on any atom is 0.158 e. The van der Waals surface area contributed by atoms with Crippen LogP contribution in [-0.2, 0) is 19.7 Å². The summed E-state index contributed by atoms with van der Waals surface area (Å²) in [6.07, 6.45) is 7.54. The molecule has 1 aliphatic rings. The third-order valence-electron chi connectivity index (χ3n) is 7.28. The minimum absolute atomic E-state index is 0.00528. The van der Waals surface area contributed by atoms with Crippen LogP contribution in [0.25, 0.3) is 28.0 Å². The van der Waals surface area contributed by atoms with Gasteiger partial charge in [0.05, 0.1) is 41.6 Å². The average Bonchev–Trinajstić information content (AvgIpc) is 3.34. The number of methoxy groups -OCH3 is 1. The van der Waals surface area contributed by atoms with Crippen LogP contribution in [0.5, 0.6) is 5.75 Å². The average molecular weight is 600 g/mol. The third kappa shape index (κ3) is 6.27. The van der Waals surface area contributed by atoms with Crippen molar-refractivity contribution in [3.05, 3.63) is 48.5 Å². The highest BCUT2D eigenvalue weighted by molar-refractivity contribution is 7.90. The Balaban J connectivity index is 1.57. The maximum atomic E-state index is 11.9. The molecule has 0 spiro atoms. The van der Waals surface area contributed by atoms with Gasteiger partial charge < -0.3 is 15.0 Å². The first kappa shape index (κ1) is 28.7. The van der Waals surface area contributed by atoms with Crippen LogP contribution < -0.4 is 15.0 Å². The van der Waals surface area contributed by atoms with E-state index in [2.05, 4.69) is 20.3 Å². The Morgan fingerprint density at radius 2 is 1.85 bits per heavy atom. The van der Waals surface area contributed by atoms with E-state index in [4.69, 9.17) is 14.7 Å². The van der Waals surface area contributed by atoms with Gasteiger partial charge in [0.15, 0.2) is 5.82 Å². The van der Waals surface area contributed by atoms with E-state index < -0.39 is 19.7 Å². The molecule has 0 aromatic carbocycles. The van der Waals surface area contributed by atoms with E-state index in [1.807, 2.05) is 32.0 Å². The van der Waals surface area contributed by atoms with E-state index >= 15 is 0 Å². The summed E-state index contributed by atoms with van der Waals surface area (Å²) in [4.78, 5) is 15.9. The van der Waals surface area contributed by atoms with Crippen molar-refractivity contribution in [2.24, 2.45) is 5.92 Å². The van der Waals surface area contributed by atoms with Crippen LogP contribution in [0.2, 0.25) is 0 Å². The van der Waals surface area contributed by atoms with Gasteiger partial charge in [-0.1, -0.05) is 0 Å². The van der Waals surface area contributed by atoms with Gasteiger partial charge in [0.25, 0.3) is 0 Å². The maximum absolute atomic E-state index is 11.9. The Morgan fingerprint density at radius 1 is 1.07 bits per heavy atom. The van der Waals surface area contributed by atoms with E-state index in [0.29, 0.717) is 29.6 Å². The molecule has 4 aromatic heterocycles. The predicted molar refractivity (Wildman–Crippen MR) is 159 cm³/mol. The molecule has 0 aliphatic carbocycles. The Bertz CT molecular complexity index is 1820. The Morgan fingerprint density at radius 3 is 2.54 bits per heavy atom. The Kier molecular flexibility index (Phi) is 7.64. The number of rotatable bonds is 10. The van der Waals surface area contributed by atoms with E-state index in [1.165, 1.54) is 12.5 Å². The van der Waals surface area contributed by atoms with Crippen LogP contribution in [0.4, 0.5) is 11.5 Å². The number of nitrogens with one attached hydrogen (secondary N) is 1. The zero-order valence-corrected chi connectivity index (χ0v) is 25.2. The number of aromatic nitrogens is 5. The summed E-state index contributed by atoms with van der Waals surface area (Å²) >= 11 is 0. The first-order valence-corrected chi connectivity index (χ1v) is 17.2. The van der Waals surface area contributed by atoms with Gasteiger partial charge in [-0.15, -0.1) is 0 Å². The SMILES string of the molecule is COc1ccncc1-c1cc2c(cnn2-c2cc(N3C[C@H](CS(C)(=O)=O)[C@H]3C)cc(NCCS(C)(=O)=O)n2)c(C)n1. The fourth-order valence-corrected chi connectivity index (χ4v) is 6.73. The number of hydrogen-bond acceptors (Lipinski definition) is 11. The summed E-state index contributed by atoms with van der Waals surface area (Å²) in [6.45, 7) is 4.68. The van der Waals surface area contributed by atoms with Gasteiger partial charge >= 0.3 is 0 Å². The van der Waals surface area contributed by atoms with Gasteiger partial charge in [0.1, 0.15) is 31.2 Å². The zero-order chi connectivity index (χ0) is 29.5. The second kappa shape index (κ2) is 10.9. The summed E-state index contributed by atoms with van der Waals surface area (Å²) in [5.74, 6) is 1.75. The highest BCUT2D eigenvalue weighted by atomic mass is 32.2. The molecule has 0 amide bonds. The van der Waals surface area contributed by atoms with Gasteiger partial charge in [-0.05, 0) is 26.0 Å². The third-order valence-corrected chi connectivity index (χ3v) is 9.26.